The third kappa shape index (κ3) is 8.33. The Morgan fingerprint density at radius 1 is 0.957 bits per heavy atom. The van der Waals surface area contributed by atoms with Crippen LogP contribution in [0.25, 0.3) is 10.8 Å². The van der Waals surface area contributed by atoms with Crippen LogP contribution in [0.15, 0.2) is 66.7 Å². The molecule has 2 heterocycles. The molecule has 2 fully saturated rings. The maximum absolute atomic E-state index is 14.0. The van der Waals surface area contributed by atoms with Crippen molar-refractivity contribution in [3.8, 4) is 5.75 Å². The van der Waals surface area contributed by atoms with Gasteiger partial charge in [0, 0.05) is 26.9 Å². The Labute approximate surface area is 270 Å². The first kappa shape index (κ1) is 35.1. The van der Waals surface area contributed by atoms with Gasteiger partial charge in [-0.1, -0.05) is 94.6 Å². The molecule has 46 heavy (non-hydrogen) atoms. The van der Waals surface area contributed by atoms with Crippen LogP contribution < -0.4 is 4.52 Å². The van der Waals surface area contributed by atoms with Crippen LogP contribution in [0.3, 0.4) is 0 Å². The van der Waals surface area contributed by atoms with Crippen LogP contribution in [-0.4, -0.2) is 79.7 Å². The lowest BCUT2D eigenvalue weighted by Gasteiger charge is -2.54. The van der Waals surface area contributed by atoms with Crippen molar-refractivity contribution >= 4 is 36.3 Å². The number of hydrogen-bond donors (Lipinski definition) is 2. The van der Waals surface area contributed by atoms with Crippen LogP contribution in [0.5, 0.6) is 5.75 Å². The molecule has 12 heteroatoms. The summed E-state index contributed by atoms with van der Waals surface area (Å²) in [5.41, 5.74) is 1.62. The van der Waals surface area contributed by atoms with Gasteiger partial charge in [0.15, 0.2) is 0 Å². The van der Waals surface area contributed by atoms with Gasteiger partial charge in [0.25, 0.3) is 0 Å². The second-order valence-corrected chi connectivity index (χ2v) is 13.0. The van der Waals surface area contributed by atoms with Crippen LogP contribution >= 0.6 is 7.82 Å². The number of hydrazine groups is 1. The summed E-state index contributed by atoms with van der Waals surface area (Å²) in [6, 6.07) is 19.0. The molecule has 0 unspecified atom stereocenters. The lowest BCUT2D eigenvalue weighted by atomic mass is 9.97. The lowest BCUT2D eigenvalue weighted by Crippen LogP contribution is -2.75. The highest BCUT2D eigenvalue weighted by molar-refractivity contribution is 7.46. The summed E-state index contributed by atoms with van der Waals surface area (Å²) in [6.07, 6.45) is 3.54. The number of benzene rings is 3. The van der Waals surface area contributed by atoms with E-state index in [0.717, 1.165) is 22.3 Å². The van der Waals surface area contributed by atoms with Crippen molar-refractivity contribution in [3.63, 3.8) is 0 Å². The van der Waals surface area contributed by atoms with E-state index in [0.29, 0.717) is 12.1 Å². The SMILES string of the molecule is CC(=O)N1[C@H]2CN(Cc3cccc4ccccc34)C(=O)[C@H](Cc3ccc(OP(=O)(O)O)cc3)N2C(=O)CN1C.CCC(CC)CC. The van der Waals surface area contributed by atoms with Gasteiger partial charge in [0.1, 0.15) is 18.0 Å². The first-order chi connectivity index (χ1) is 21.9. The Kier molecular flexibility index (Phi) is 11.6. The van der Waals surface area contributed by atoms with Gasteiger partial charge >= 0.3 is 7.82 Å². The Morgan fingerprint density at radius 2 is 1.59 bits per heavy atom. The zero-order valence-corrected chi connectivity index (χ0v) is 28.1. The molecule has 2 aliphatic heterocycles. The van der Waals surface area contributed by atoms with Crippen LogP contribution in [0.4, 0.5) is 0 Å². The second kappa shape index (κ2) is 15.2. The van der Waals surface area contributed by atoms with Gasteiger partial charge in [-0.2, -0.15) is 0 Å². The highest BCUT2D eigenvalue weighted by atomic mass is 31.2. The first-order valence-corrected chi connectivity index (χ1v) is 17.3. The average Bonchev–Trinajstić information content (AvgIpc) is 3.00. The molecule has 2 atom stereocenters. The van der Waals surface area contributed by atoms with Crippen LogP contribution in [-0.2, 0) is 31.9 Å². The van der Waals surface area contributed by atoms with E-state index in [-0.39, 0.29) is 43.0 Å². The molecule has 3 amide bonds. The average molecular weight is 653 g/mol. The number of carbonyl (C=O) groups is 3. The molecule has 0 bridgehead atoms. The van der Waals surface area contributed by atoms with Crippen molar-refractivity contribution in [2.24, 2.45) is 5.92 Å². The van der Waals surface area contributed by atoms with Crippen molar-refractivity contribution in [1.82, 2.24) is 19.8 Å². The minimum absolute atomic E-state index is 0.0176. The zero-order valence-electron chi connectivity index (χ0n) is 27.2. The molecule has 5 rings (SSSR count). The maximum atomic E-state index is 14.0. The fourth-order valence-electron chi connectivity index (χ4n) is 6.36. The Balaban J connectivity index is 0.000000617. The van der Waals surface area contributed by atoms with E-state index in [1.807, 2.05) is 42.5 Å². The smallest absolute Gasteiger partial charge is 0.404 e. The monoisotopic (exact) mass is 652 g/mol. The quantitative estimate of drug-likeness (QED) is 0.310. The molecular weight excluding hydrogens is 607 g/mol. The molecule has 0 radical (unpaired) electrons. The molecule has 3 aromatic rings. The van der Waals surface area contributed by atoms with E-state index >= 15 is 0 Å². The molecule has 248 valence electrons. The summed E-state index contributed by atoms with van der Waals surface area (Å²) in [5.74, 6) is 0.230. The van der Waals surface area contributed by atoms with Gasteiger partial charge in [-0.15, -0.1) is 0 Å². The molecule has 11 nitrogen and oxygen atoms in total. The summed E-state index contributed by atoms with van der Waals surface area (Å²) in [6.45, 7) is 8.64. The number of piperazine rings is 1. The van der Waals surface area contributed by atoms with Gasteiger partial charge in [-0.3, -0.25) is 29.2 Å². The minimum Gasteiger partial charge on any atom is -0.404 e. The number of amides is 3. The summed E-state index contributed by atoms with van der Waals surface area (Å²) < 4.78 is 15.8. The van der Waals surface area contributed by atoms with Gasteiger partial charge in [-0.25, -0.2) is 9.57 Å². The number of phosphoric acid groups is 1. The van der Waals surface area contributed by atoms with Gasteiger partial charge in [0.2, 0.25) is 17.7 Å². The summed E-state index contributed by atoms with van der Waals surface area (Å²) in [7, 11) is -3.04. The number of phosphoric ester groups is 1. The van der Waals surface area contributed by atoms with Crippen molar-refractivity contribution in [2.75, 3.05) is 20.1 Å². The van der Waals surface area contributed by atoms with Crippen LogP contribution in [0.2, 0.25) is 0 Å². The standard InChI is InChI=1S/C27H29N4O7P.C7H16/c1-18(32)31-25-16-29(15-21-8-5-7-20-6-3-4-9-23(20)21)27(34)24(30(25)26(33)17-28(31)2)14-19-10-12-22(13-11-19)38-39(35,36)37;1-4-7(5-2)6-3/h3-13,24-25H,14-17H2,1-2H3,(H2,35,36,37);7H,4-6H2,1-3H3/t24-,25-;/m0./s1. The molecule has 0 aromatic heterocycles. The molecule has 0 aliphatic carbocycles. The zero-order chi connectivity index (χ0) is 33.6. The van der Waals surface area contributed by atoms with E-state index < -0.39 is 20.0 Å². The van der Waals surface area contributed by atoms with E-state index in [2.05, 4.69) is 25.3 Å². The number of likely N-dealkylation sites (N-methyl/N-ethyl adjacent to an activating group) is 1. The highest BCUT2D eigenvalue weighted by Gasteiger charge is 2.50. The maximum Gasteiger partial charge on any atom is 0.524 e. The fraction of sp³-hybridized carbons (Fsp3) is 0.441. The van der Waals surface area contributed by atoms with Crippen molar-refractivity contribution in [1.29, 1.82) is 0 Å². The fourth-order valence-corrected chi connectivity index (χ4v) is 6.75. The minimum atomic E-state index is -4.71. The van der Waals surface area contributed by atoms with E-state index in [1.54, 1.807) is 29.1 Å². The highest BCUT2D eigenvalue weighted by Crippen LogP contribution is 2.37. The van der Waals surface area contributed by atoms with Crippen LogP contribution in [0, 0.1) is 5.92 Å². The molecule has 2 aliphatic rings. The predicted molar refractivity (Wildman–Crippen MR) is 176 cm³/mol. The van der Waals surface area contributed by atoms with E-state index in [9.17, 15) is 18.9 Å². The number of nitrogens with zero attached hydrogens (tertiary/aromatic N) is 4. The van der Waals surface area contributed by atoms with E-state index in [4.69, 9.17) is 9.79 Å². The third-order valence-electron chi connectivity index (χ3n) is 8.81. The molecule has 0 saturated carbocycles. The molecular formula is C34H45N4O7P. The van der Waals surface area contributed by atoms with Gasteiger partial charge in [-0.05, 0) is 39.9 Å². The molecule has 0 spiro atoms. The van der Waals surface area contributed by atoms with Gasteiger partial charge < -0.3 is 14.3 Å². The van der Waals surface area contributed by atoms with E-state index in [1.165, 1.54) is 48.2 Å². The normalized spacial score (nSPS) is 18.8. The molecule has 2 saturated heterocycles. The molecule has 3 aromatic carbocycles. The number of carbonyl (C=O) groups excluding carboxylic acids is 3. The largest absolute Gasteiger partial charge is 0.524 e. The third-order valence-corrected chi connectivity index (χ3v) is 9.26. The number of hydrogen-bond acceptors (Lipinski definition) is 6. The summed E-state index contributed by atoms with van der Waals surface area (Å²) >= 11 is 0. The Hall–Kier alpha value is -3.76. The van der Waals surface area contributed by atoms with Crippen molar-refractivity contribution in [2.45, 2.75) is 72.1 Å². The number of fused-ring (bicyclic) bond motifs is 2. The van der Waals surface area contributed by atoms with Crippen LogP contribution in [0.1, 0.15) is 58.1 Å². The summed E-state index contributed by atoms with van der Waals surface area (Å²) in [4.78, 5) is 61.2. The summed E-state index contributed by atoms with van der Waals surface area (Å²) in [5, 5.41) is 5.18. The molecule has 2 N–H and O–H groups in total. The lowest BCUT2D eigenvalue weighted by molar-refractivity contribution is -0.201. The Morgan fingerprint density at radius 3 is 2.17 bits per heavy atom. The Bertz CT molecular complexity index is 1560. The second-order valence-electron chi connectivity index (χ2n) is 11.9. The van der Waals surface area contributed by atoms with Crippen molar-refractivity contribution in [3.05, 3.63) is 77.9 Å². The first-order valence-electron chi connectivity index (χ1n) is 15.8. The topological polar surface area (TPSA) is 131 Å². The predicted octanol–water partition coefficient (Wildman–Crippen LogP) is 4.96. The number of rotatable bonds is 9. The van der Waals surface area contributed by atoms with Crippen molar-refractivity contribution < 1.29 is 33.3 Å². The van der Waals surface area contributed by atoms with Gasteiger partial charge in [0.05, 0.1) is 13.1 Å².